The Morgan fingerprint density at radius 2 is 1.70 bits per heavy atom. The summed E-state index contributed by atoms with van der Waals surface area (Å²) in [7, 11) is 0. The molecule has 140 valence electrons. The maximum absolute atomic E-state index is 12.4. The van der Waals surface area contributed by atoms with E-state index < -0.39 is 0 Å². The molecule has 7 heteroatoms. The summed E-state index contributed by atoms with van der Waals surface area (Å²) >= 11 is 0. The van der Waals surface area contributed by atoms with Crippen molar-refractivity contribution >= 4 is 17.8 Å². The number of aromatic nitrogens is 2. The zero-order valence-electron chi connectivity index (χ0n) is 15.1. The summed E-state index contributed by atoms with van der Waals surface area (Å²) in [5.74, 6) is 0.690. The van der Waals surface area contributed by atoms with Crippen LogP contribution in [0.25, 0.3) is 0 Å². The van der Waals surface area contributed by atoms with Gasteiger partial charge in [0.15, 0.2) is 11.5 Å². The molecule has 1 aromatic heterocycles. The molecule has 0 bridgehead atoms. The highest BCUT2D eigenvalue weighted by molar-refractivity contribution is 5.93. The van der Waals surface area contributed by atoms with E-state index in [1.54, 1.807) is 17.0 Å². The highest BCUT2D eigenvalue weighted by Crippen LogP contribution is 2.24. The van der Waals surface area contributed by atoms with E-state index in [1.165, 1.54) is 25.7 Å². The van der Waals surface area contributed by atoms with Gasteiger partial charge in [-0.15, -0.1) is 10.2 Å². The number of rotatable bonds is 4. The average molecular weight is 365 g/mol. The van der Waals surface area contributed by atoms with Crippen LogP contribution < -0.4 is 10.6 Å². The number of benzene rings is 1. The molecule has 27 heavy (non-hydrogen) atoms. The lowest BCUT2D eigenvalue weighted by Gasteiger charge is -2.15. The van der Waals surface area contributed by atoms with E-state index in [0.717, 1.165) is 11.1 Å². The summed E-state index contributed by atoms with van der Waals surface area (Å²) in [6.07, 6.45) is 4.85. The van der Waals surface area contributed by atoms with Gasteiger partial charge in [-0.25, -0.2) is 4.79 Å². The third kappa shape index (κ3) is 4.07. The van der Waals surface area contributed by atoms with Crippen LogP contribution in [0.1, 0.15) is 47.3 Å². The second-order valence-electron chi connectivity index (χ2n) is 7.22. The van der Waals surface area contributed by atoms with Crippen LogP contribution in [-0.4, -0.2) is 33.6 Å². The maximum Gasteiger partial charge on any atom is 0.323 e. The van der Waals surface area contributed by atoms with E-state index in [-0.39, 0.29) is 17.6 Å². The van der Waals surface area contributed by atoms with Crippen molar-refractivity contribution in [1.29, 1.82) is 0 Å². The molecule has 0 unspecified atom stereocenters. The van der Waals surface area contributed by atoms with E-state index in [0.29, 0.717) is 31.4 Å². The summed E-state index contributed by atoms with van der Waals surface area (Å²) < 4.78 is 0. The molecule has 1 aromatic carbocycles. The van der Waals surface area contributed by atoms with Gasteiger partial charge >= 0.3 is 6.03 Å². The molecule has 1 aliphatic carbocycles. The number of anilines is 1. The Hall–Kier alpha value is -2.96. The molecule has 2 aliphatic rings. The Morgan fingerprint density at radius 1 is 1.00 bits per heavy atom. The Kier molecular flexibility index (Phi) is 5.00. The largest absolute Gasteiger partial charge is 0.350 e. The lowest BCUT2D eigenvalue weighted by molar-refractivity contribution is 0.0941. The van der Waals surface area contributed by atoms with Gasteiger partial charge in [-0.05, 0) is 42.0 Å². The molecular weight excluding hydrogens is 342 g/mol. The highest BCUT2D eigenvalue weighted by atomic mass is 16.2. The number of carbonyl (C=O) groups excluding carboxylic acids is 2. The number of fused-ring (bicyclic) bond motifs is 1. The molecule has 0 atom stereocenters. The molecule has 7 nitrogen and oxygen atoms in total. The lowest BCUT2D eigenvalue weighted by atomic mass is 10.1. The Morgan fingerprint density at radius 3 is 2.33 bits per heavy atom. The summed E-state index contributed by atoms with van der Waals surface area (Å²) in [6, 6.07) is 11.0. The minimum Gasteiger partial charge on any atom is -0.350 e. The van der Waals surface area contributed by atoms with Crippen LogP contribution in [0.4, 0.5) is 10.6 Å². The summed E-state index contributed by atoms with van der Waals surface area (Å²) in [5, 5.41) is 13.6. The predicted molar refractivity (Wildman–Crippen MR) is 101 cm³/mol. The van der Waals surface area contributed by atoms with Gasteiger partial charge in [0.2, 0.25) is 0 Å². The molecule has 1 saturated carbocycles. The fourth-order valence-corrected chi connectivity index (χ4v) is 3.73. The van der Waals surface area contributed by atoms with Gasteiger partial charge in [0, 0.05) is 19.6 Å². The van der Waals surface area contributed by atoms with Gasteiger partial charge in [0.25, 0.3) is 5.91 Å². The minimum atomic E-state index is -0.223. The van der Waals surface area contributed by atoms with Crippen LogP contribution in [0.15, 0.2) is 36.4 Å². The predicted octanol–water partition coefficient (Wildman–Crippen LogP) is 2.94. The molecular formula is C20H23N5O2. The molecule has 0 saturated heterocycles. The van der Waals surface area contributed by atoms with Crippen LogP contribution in [-0.2, 0) is 13.1 Å². The van der Waals surface area contributed by atoms with Gasteiger partial charge in [0.05, 0.1) is 0 Å². The van der Waals surface area contributed by atoms with Gasteiger partial charge in [0.1, 0.15) is 0 Å². The second-order valence-corrected chi connectivity index (χ2v) is 7.22. The van der Waals surface area contributed by atoms with Crippen LogP contribution in [0, 0.1) is 5.92 Å². The standard InChI is InChI=1S/C20H23N5O2/c26-19(21-11-14-5-1-2-6-14)17-9-10-18(24-23-17)22-20(27)25-12-15-7-3-4-8-16(15)13-25/h3-4,7-10,14H,1-2,5-6,11-13H2,(H,21,26)(H,22,24,27). The van der Waals surface area contributed by atoms with Crippen LogP contribution >= 0.6 is 0 Å². The first-order chi connectivity index (χ1) is 13.2. The average Bonchev–Trinajstić information content (AvgIpc) is 3.36. The first-order valence-electron chi connectivity index (χ1n) is 9.43. The highest BCUT2D eigenvalue weighted by Gasteiger charge is 2.23. The number of nitrogens with zero attached hydrogens (tertiary/aromatic N) is 3. The summed E-state index contributed by atoms with van der Waals surface area (Å²) in [4.78, 5) is 26.3. The number of nitrogens with one attached hydrogen (secondary N) is 2. The fourth-order valence-electron chi connectivity index (χ4n) is 3.73. The van der Waals surface area contributed by atoms with Crippen molar-refractivity contribution in [2.24, 2.45) is 5.92 Å². The maximum atomic E-state index is 12.4. The number of amides is 3. The fraction of sp³-hybridized carbons (Fsp3) is 0.400. The van der Waals surface area contributed by atoms with Crippen molar-refractivity contribution in [3.8, 4) is 0 Å². The Bertz CT molecular complexity index is 806. The van der Waals surface area contributed by atoms with Crippen LogP contribution in [0.3, 0.4) is 0 Å². The van der Waals surface area contributed by atoms with Crippen molar-refractivity contribution in [3.05, 3.63) is 53.2 Å². The second kappa shape index (κ2) is 7.73. The van der Waals surface area contributed by atoms with Crippen LogP contribution in [0.5, 0.6) is 0 Å². The van der Waals surface area contributed by atoms with E-state index in [1.807, 2.05) is 24.3 Å². The van der Waals surface area contributed by atoms with E-state index in [2.05, 4.69) is 20.8 Å². The summed E-state index contributed by atoms with van der Waals surface area (Å²) in [5.41, 5.74) is 2.58. The Labute approximate surface area is 158 Å². The molecule has 2 N–H and O–H groups in total. The van der Waals surface area contributed by atoms with E-state index >= 15 is 0 Å². The first-order valence-corrected chi connectivity index (χ1v) is 9.43. The number of hydrogen-bond acceptors (Lipinski definition) is 4. The van der Waals surface area contributed by atoms with Gasteiger partial charge in [-0.2, -0.15) is 0 Å². The van der Waals surface area contributed by atoms with E-state index in [9.17, 15) is 9.59 Å². The molecule has 4 rings (SSSR count). The molecule has 2 heterocycles. The monoisotopic (exact) mass is 365 g/mol. The Balaban J connectivity index is 1.30. The minimum absolute atomic E-state index is 0.220. The lowest BCUT2D eigenvalue weighted by Crippen LogP contribution is -2.31. The van der Waals surface area contributed by atoms with Crippen LogP contribution in [0.2, 0.25) is 0 Å². The van der Waals surface area contributed by atoms with Crippen molar-refractivity contribution in [1.82, 2.24) is 20.4 Å². The zero-order valence-corrected chi connectivity index (χ0v) is 15.1. The summed E-state index contributed by atoms with van der Waals surface area (Å²) in [6.45, 7) is 1.85. The number of carbonyl (C=O) groups is 2. The van der Waals surface area contributed by atoms with Gasteiger partial charge < -0.3 is 10.2 Å². The smallest absolute Gasteiger partial charge is 0.323 e. The van der Waals surface area contributed by atoms with Gasteiger partial charge in [-0.3, -0.25) is 10.1 Å². The molecule has 1 fully saturated rings. The SMILES string of the molecule is O=C(NCC1CCCC1)c1ccc(NC(=O)N2Cc3ccccc3C2)nn1. The van der Waals surface area contributed by atoms with Crippen molar-refractivity contribution in [2.45, 2.75) is 38.8 Å². The first kappa shape index (κ1) is 17.5. The van der Waals surface area contributed by atoms with Crippen molar-refractivity contribution < 1.29 is 9.59 Å². The third-order valence-electron chi connectivity index (χ3n) is 5.29. The van der Waals surface area contributed by atoms with Crippen molar-refractivity contribution in [2.75, 3.05) is 11.9 Å². The zero-order chi connectivity index (χ0) is 18.6. The molecule has 2 aromatic rings. The number of hydrogen-bond donors (Lipinski definition) is 2. The molecule has 3 amide bonds. The molecule has 0 radical (unpaired) electrons. The van der Waals surface area contributed by atoms with E-state index in [4.69, 9.17) is 0 Å². The molecule has 0 spiro atoms. The number of urea groups is 1. The van der Waals surface area contributed by atoms with Crippen molar-refractivity contribution in [3.63, 3.8) is 0 Å². The molecule has 1 aliphatic heterocycles. The quantitative estimate of drug-likeness (QED) is 0.872. The topological polar surface area (TPSA) is 87.2 Å². The third-order valence-corrected chi connectivity index (χ3v) is 5.29. The normalized spacial score (nSPS) is 16.2. The van der Waals surface area contributed by atoms with Gasteiger partial charge in [-0.1, -0.05) is 37.1 Å².